The molecular weight excluding hydrogens is 857 g/mol. The summed E-state index contributed by atoms with van der Waals surface area (Å²) in [6.07, 6.45) is 0. The van der Waals surface area contributed by atoms with Crippen LogP contribution in [0.5, 0.6) is 0 Å². The van der Waals surface area contributed by atoms with E-state index < -0.39 is 0 Å². The fraction of sp³-hybridized carbons (Fsp3) is 0. The van der Waals surface area contributed by atoms with Crippen LogP contribution >= 0.6 is 0 Å². The fourth-order valence-electron chi connectivity index (χ4n) is 10.1. The first-order chi connectivity index (χ1) is 34.7. The van der Waals surface area contributed by atoms with Crippen LogP contribution in [0, 0.1) is 0 Å². The van der Waals surface area contributed by atoms with Crippen molar-refractivity contribution in [3.8, 4) is 68.6 Å². The lowest BCUT2D eigenvalue weighted by molar-refractivity contribution is 0.953. The smallest absolute Gasteiger partial charge is 0.238 e. The second kappa shape index (κ2) is 16.0. The summed E-state index contributed by atoms with van der Waals surface area (Å²) in [6, 6.07) is 80.0. The van der Waals surface area contributed by atoms with Crippen LogP contribution in [0.2, 0.25) is 0 Å². The lowest BCUT2D eigenvalue weighted by atomic mass is 10.00. The van der Waals surface area contributed by atoms with Crippen molar-refractivity contribution in [2.24, 2.45) is 0 Å². The highest BCUT2D eigenvalue weighted by molar-refractivity contribution is 6.23. The number of hydrogen-bond acceptors (Lipinski definition) is 6. The minimum Gasteiger partial charge on any atom is -0.307 e. The molecule has 0 fully saturated rings. The standard InChI is InChI=1S/C62H38N8/c1-4-17-40(18-5-1)57-63-58(41-19-6-2-7-20-41)65-59(64-57)43-30-33-46(34-31-43)69-53-26-14-12-24-49(53)51-36-37-52-50-25-13-15-27-54(50)70(56(52)55(51)69)62-67-60(42-21-8-3-9-22-42)66-61(68-62)45-32-35-48-44(38-45)29-28-39-16-10-11-23-47(39)48/h1-38H. The van der Waals surface area contributed by atoms with Crippen molar-refractivity contribution in [1.29, 1.82) is 0 Å². The maximum Gasteiger partial charge on any atom is 0.238 e. The van der Waals surface area contributed by atoms with Crippen molar-refractivity contribution in [3.05, 3.63) is 231 Å². The first-order valence-electron chi connectivity index (χ1n) is 23.4. The van der Waals surface area contributed by atoms with Crippen molar-refractivity contribution >= 4 is 65.2 Å². The van der Waals surface area contributed by atoms with Crippen molar-refractivity contribution < 1.29 is 0 Å². The molecule has 8 heteroatoms. The molecule has 326 valence electrons. The Morgan fingerprint density at radius 1 is 0.243 bits per heavy atom. The summed E-state index contributed by atoms with van der Waals surface area (Å²) in [7, 11) is 0. The van der Waals surface area contributed by atoms with Gasteiger partial charge in [0.2, 0.25) is 5.95 Å². The van der Waals surface area contributed by atoms with Gasteiger partial charge in [0.1, 0.15) is 0 Å². The molecule has 0 aliphatic rings. The molecule has 14 aromatic rings. The van der Waals surface area contributed by atoms with E-state index in [1.165, 1.54) is 16.2 Å². The predicted octanol–water partition coefficient (Wildman–Crippen LogP) is 14.9. The van der Waals surface area contributed by atoms with Crippen LogP contribution in [-0.4, -0.2) is 39.0 Å². The van der Waals surface area contributed by atoms with E-state index in [-0.39, 0.29) is 0 Å². The van der Waals surface area contributed by atoms with E-state index in [0.717, 1.165) is 82.5 Å². The summed E-state index contributed by atoms with van der Waals surface area (Å²) in [6.45, 7) is 0. The molecule has 0 bridgehead atoms. The Balaban J connectivity index is 0.995. The van der Waals surface area contributed by atoms with Gasteiger partial charge in [-0.05, 0) is 64.0 Å². The molecule has 0 N–H and O–H groups in total. The number of para-hydroxylation sites is 2. The van der Waals surface area contributed by atoms with Crippen molar-refractivity contribution in [3.63, 3.8) is 0 Å². The van der Waals surface area contributed by atoms with Crippen molar-refractivity contribution in [1.82, 2.24) is 39.0 Å². The lowest BCUT2D eigenvalue weighted by Gasteiger charge is -2.14. The Morgan fingerprint density at radius 3 is 1.20 bits per heavy atom. The Bertz CT molecular complexity index is 4280. The number of hydrogen-bond donors (Lipinski definition) is 0. The summed E-state index contributed by atoms with van der Waals surface area (Å²) in [5.74, 6) is 3.57. The first kappa shape index (κ1) is 39.5. The molecular formula is C62H38N8. The van der Waals surface area contributed by atoms with Crippen LogP contribution < -0.4 is 0 Å². The molecule has 0 saturated carbocycles. The van der Waals surface area contributed by atoms with Crippen LogP contribution in [0.3, 0.4) is 0 Å². The van der Waals surface area contributed by atoms with Crippen LogP contribution in [0.4, 0.5) is 0 Å². The van der Waals surface area contributed by atoms with E-state index in [4.69, 9.17) is 29.9 Å². The normalized spacial score (nSPS) is 11.7. The molecule has 0 spiro atoms. The van der Waals surface area contributed by atoms with E-state index in [1.807, 2.05) is 78.9 Å². The third kappa shape index (κ3) is 6.46. The minimum atomic E-state index is 0.534. The predicted molar refractivity (Wildman–Crippen MR) is 284 cm³/mol. The highest BCUT2D eigenvalue weighted by Crippen LogP contribution is 2.42. The Hall–Kier alpha value is -9.66. The topological polar surface area (TPSA) is 87.2 Å². The molecule has 0 aliphatic heterocycles. The minimum absolute atomic E-state index is 0.534. The SMILES string of the molecule is c1ccc(-c2nc(-c3ccccc3)nc(-c3ccc(-n4c5ccccc5c5ccc6c7ccccc7n(-c7nc(-c8ccccc8)nc(-c8ccc9c(ccc%10ccccc%109)c8)n7)c6c54)cc3)n2)cc1. The monoisotopic (exact) mass is 894 g/mol. The molecule has 0 atom stereocenters. The maximum absolute atomic E-state index is 5.42. The van der Waals surface area contributed by atoms with Gasteiger partial charge < -0.3 is 4.57 Å². The van der Waals surface area contributed by atoms with Gasteiger partial charge in [0.15, 0.2) is 29.1 Å². The molecule has 10 aromatic carbocycles. The highest BCUT2D eigenvalue weighted by Gasteiger charge is 2.24. The van der Waals surface area contributed by atoms with E-state index >= 15 is 0 Å². The van der Waals surface area contributed by atoms with E-state index in [2.05, 4.69) is 161 Å². The molecule has 14 rings (SSSR count). The molecule has 70 heavy (non-hydrogen) atoms. The zero-order chi connectivity index (χ0) is 46.1. The van der Waals surface area contributed by atoms with Crippen LogP contribution in [0.15, 0.2) is 231 Å². The third-order valence-corrected chi connectivity index (χ3v) is 13.4. The molecule has 4 aromatic heterocycles. The van der Waals surface area contributed by atoms with E-state index in [1.54, 1.807) is 0 Å². The van der Waals surface area contributed by atoms with Gasteiger partial charge >= 0.3 is 0 Å². The highest BCUT2D eigenvalue weighted by atomic mass is 15.2. The molecule has 8 nitrogen and oxygen atoms in total. The van der Waals surface area contributed by atoms with Crippen LogP contribution in [-0.2, 0) is 0 Å². The zero-order valence-corrected chi connectivity index (χ0v) is 37.5. The number of nitrogens with zero attached hydrogens (tertiary/aromatic N) is 8. The van der Waals surface area contributed by atoms with Gasteiger partial charge in [0.05, 0.1) is 22.1 Å². The average molecular weight is 895 g/mol. The average Bonchev–Trinajstić information content (AvgIpc) is 3.97. The third-order valence-electron chi connectivity index (χ3n) is 13.4. The molecule has 0 radical (unpaired) electrons. The van der Waals surface area contributed by atoms with Gasteiger partial charge in [-0.1, -0.05) is 188 Å². The van der Waals surface area contributed by atoms with Crippen LogP contribution in [0.1, 0.15) is 0 Å². The second-order valence-electron chi connectivity index (χ2n) is 17.5. The van der Waals surface area contributed by atoms with E-state index in [9.17, 15) is 0 Å². The number of aromatic nitrogens is 8. The molecule has 0 amide bonds. The van der Waals surface area contributed by atoms with Crippen LogP contribution in [0.25, 0.3) is 134 Å². The molecule has 0 saturated heterocycles. The summed E-state index contributed by atoms with van der Waals surface area (Å²) in [5, 5.41) is 9.19. The largest absolute Gasteiger partial charge is 0.307 e. The second-order valence-corrected chi connectivity index (χ2v) is 17.5. The first-order valence-corrected chi connectivity index (χ1v) is 23.4. The number of benzene rings is 10. The van der Waals surface area contributed by atoms with Gasteiger partial charge in [-0.2, -0.15) is 9.97 Å². The quantitative estimate of drug-likeness (QED) is 0.148. The molecule has 0 aliphatic carbocycles. The molecule has 0 unspecified atom stereocenters. The number of fused-ring (bicyclic) bond motifs is 10. The summed E-state index contributed by atoms with van der Waals surface area (Å²) in [5.41, 5.74) is 9.66. The maximum atomic E-state index is 5.42. The van der Waals surface area contributed by atoms with Crippen molar-refractivity contribution in [2.75, 3.05) is 0 Å². The van der Waals surface area contributed by atoms with E-state index in [0.29, 0.717) is 35.1 Å². The summed E-state index contributed by atoms with van der Waals surface area (Å²) >= 11 is 0. The zero-order valence-electron chi connectivity index (χ0n) is 37.5. The van der Waals surface area contributed by atoms with Crippen molar-refractivity contribution in [2.45, 2.75) is 0 Å². The van der Waals surface area contributed by atoms with Gasteiger partial charge in [-0.3, -0.25) is 4.57 Å². The summed E-state index contributed by atoms with van der Waals surface area (Å²) < 4.78 is 4.61. The lowest BCUT2D eigenvalue weighted by Crippen LogP contribution is -2.07. The van der Waals surface area contributed by atoms with Gasteiger partial charge in [-0.15, -0.1) is 0 Å². The van der Waals surface area contributed by atoms with Gasteiger partial charge in [0, 0.05) is 55.0 Å². The fourth-order valence-corrected chi connectivity index (χ4v) is 10.1. The van der Waals surface area contributed by atoms with Gasteiger partial charge in [-0.25, -0.2) is 19.9 Å². The van der Waals surface area contributed by atoms with Gasteiger partial charge in [0.25, 0.3) is 0 Å². The Kier molecular flexibility index (Phi) is 9.03. The molecule has 4 heterocycles. The Morgan fingerprint density at radius 2 is 0.629 bits per heavy atom. The number of rotatable bonds is 7. The Labute approximate surface area is 401 Å². The summed E-state index contributed by atoms with van der Waals surface area (Å²) in [4.78, 5) is 31.0.